The van der Waals surface area contributed by atoms with Crippen LogP contribution in [-0.4, -0.2) is 19.7 Å². The molecule has 0 aliphatic carbocycles. The van der Waals surface area contributed by atoms with Crippen LogP contribution in [-0.2, 0) is 4.74 Å². The second-order valence-electron chi connectivity index (χ2n) is 4.87. The molecule has 2 aliphatic rings. The monoisotopic (exact) mass is 280 g/mol. The van der Waals surface area contributed by atoms with Crippen LogP contribution in [0.2, 0.25) is 0 Å². The minimum atomic E-state index is -0.419. The zero-order valence-electron chi connectivity index (χ0n) is 11.4. The quantitative estimate of drug-likeness (QED) is 0.635. The van der Waals surface area contributed by atoms with Gasteiger partial charge in [-0.05, 0) is 24.3 Å². The lowest BCUT2D eigenvalue weighted by molar-refractivity contribution is 0.0595. The summed E-state index contributed by atoms with van der Waals surface area (Å²) < 4.78 is 16.4. The number of benzene rings is 2. The molecule has 2 aromatic rings. The zero-order valence-corrected chi connectivity index (χ0v) is 11.4. The molecule has 0 N–H and O–H groups in total. The highest BCUT2D eigenvalue weighted by Crippen LogP contribution is 2.29. The second-order valence-corrected chi connectivity index (χ2v) is 4.87. The van der Waals surface area contributed by atoms with Crippen molar-refractivity contribution in [3.05, 3.63) is 51.9 Å². The van der Waals surface area contributed by atoms with Gasteiger partial charge >= 0.3 is 5.97 Å². The molecule has 0 amide bonds. The van der Waals surface area contributed by atoms with Crippen molar-refractivity contribution in [3.63, 3.8) is 0 Å². The maximum Gasteiger partial charge on any atom is 0.342 e. The topological polar surface area (TPSA) is 44.8 Å². The van der Waals surface area contributed by atoms with Gasteiger partial charge in [-0.2, -0.15) is 0 Å². The van der Waals surface area contributed by atoms with Gasteiger partial charge in [-0.25, -0.2) is 4.79 Å². The molecule has 21 heavy (non-hydrogen) atoms. The lowest BCUT2D eigenvalue weighted by Gasteiger charge is -2.17. The van der Waals surface area contributed by atoms with Crippen molar-refractivity contribution in [1.29, 1.82) is 0 Å². The maximum atomic E-state index is 12.2. The van der Waals surface area contributed by atoms with Crippen LogP contribution < -0.4 is 19.9 Å². The molecule has 0 saturated heterocycles. The van der Waals surface area contributed by atoms with Crippen LogP contribution in [0, 0.1) is 0 Å². The SMILES string of the molecule is COC(=O)c1c2c(cc3c1=Cc1ccccc1O3)=CCO2. The van der Waals surface area contributed by atoms with Crippen LogP contribution in [0.5, 0.6) is 17.2 Å². The number of ether oxygens (including phenoxy) is 3. The van der Waals surface area contributed by atoms with E-state index in [1.807, 2.05) is 42.5 Å². The molecule has 2 aliphatic heterocycles. The summed E-state index contributed by atoms with van der Waals surface area (Å²) in [5, 5.41) is 1.57. The van der Waals surface area contributed by atoms with E-state index in [0.29, 0.717) is 28.9 Å². The fourth-order valence-electron chi connectivity index (χ4n) is 2.70. The van der Waals surface area contributed by atoms with E-state index in [1.54, 1.807) is 0 Å². The first-order chi connectivity index (χ1) is 10.3. The molecule has 4 nitrogen and oxygen atoms in total. The number of carbonyl (C=O) groups excluding carboxylic acids is 1. The van der Waals surface area contributed by atoms with E-state index < -0.39 is 5.97 Å². The number of hydrogen-bond acceptors (Lipinski definition) is 4. The van der Waals surface area contributed by atoms with Gasteiger partial charge < -0.3 is 14.2 Å². The van der Waals surface area contributed by atoms with Crippen molar-refractivity contribution in [3.8, 4) is 17.2 Å². The van der Waals surface area contributed by atoms with E-state index in [0.717, 1.165) is 16.5 Å². The van der Waals surface area contributed by atoms with Crippen LogP contribution in [0.4, 0.5) is 0 Å². The first-order valence-corrected chi connectivity index (χ1v) is 6.65. The molecule has 0 fully saturated rings. The lowest BCUT2D eigenvalue weighted by atomic mass is 10.0. The third kappa shape index (κ3) is 1.72. The maximum absolute atomic E-state index is 12.2. The molecule has 4 heteroatoms. The number of carbonyl (C=O) groups is 1. The highest BCUT2D eigenvalue weighted by atomic mass is 16.5. The van der Waals surface area contributed by atoms with Crippen LogP contribution in [0.1, 0.15) is 15.9 Å². The van der Waals surface area contributed by atoms with Crippen LogP contribution in [0.15, 0.2) is 30.3 Å². The van der Waals surface area contributed by atoms with Crippen molar-refractivity contribution < 1.29 is 19.0 Å². The molecule has 4 rings (SSSR count). The van der Waals surface area contributed by atoms with Crippen LogP contribution in [0.3, 0.4) is 0 Å². The molecule has 0 radical (unpaired) electrons. The predicted molar refractivity (Wildman–Crippen MR) is 77.1 cm³/mol. The second kappa shape index (κ2) is 4.38. The molecule has 0 atom stereocenters. The smallest absolute Gasteiger partial charge is 0.342 e. The zero-order chi connectivity index (χ0) is 14.4. The Labute approximate surface area is 120 Å². The van der Waals surface area contributed by atoms with Crippen molar-refractivity contribution in [2.45, 2.75) is 0 Å². The van der Waals surface area contributed by atoms with Gasteiger partial charge in [0.15, 0.2) is 0 Å². The van der Waals surface area contributed by atoms with Gasteiger partial charge in [-0.15, -0.1) is 0 Å². The van der Waals surface area contributed by atoms with E-state index in [-0.39, 0.29) is 0 Å². The Kier molecular flexibility index (Phi) is 2.51. The van der Waals surface area contributed by atoms with Crippen molar-refractivity contribution in [2.24, 2.45) is 0 Å². The summed E-state index contributed by atoms with van der Waals surface area (Å²) in [6.45, 7) is 0.454. The molecule has 0 saturated carbocycles. The summed E-state index contributed by atoms with van der Waals surface area (Å²) in [5.41, 5.74) is 1.35. The summed E-state index contributed by atoms with van der Waals surface area (Å²) in [4.78, 5) is 12.2. The Morgan fingerprint density at radius 1 is 1.24 bits per heavy atom. The Hall–Kier alpha value is -2.75. The predicted octanol–water partition coefficient (Wildman–Crippen LogP) is 1.58. The molecule has 0 bridgehead atoms. The Morgan fingerprint density at radius 3 is 2.95 bits per heavy atom. The molecule has 2 heterocycles. The van der Waals surface area contributed by atoms with Crippen LogP contribution in [0.25, 0.3) is 12.2 Å². The van der Waals surface area contributed by atoms with Gasteiger partial charge in [0.25, 0.3) is 0 Å². The Bertz CT molecular complexity index is 880. The molecule has 2 aromatic carbocycles. The highest BCUT2D eigenvalue weighted by molar-refractivity contribution is 5.95. The molecule has 0 aromatic heterocycles. The van der Waals surface area contributed by atoms with E-state index in [2.05, 4.69) is 0 Å². The van der Waals surface area contributed by atoms with E-state index >= 15 is 0 Å². The number of methoxy groups -OCH3 is 1. The number of hydrogen-bond donors (Lipinski definition) is 0. The molecule has 0 spiro atoms. The third-order valence-electron chi connectivity index (χ3n) is 3.67. The average molecular weight is 280 g/mol. The van der Waals surface area contributed by atoms with E-state index in [9.17, 15) is 4.79 Å². The fourth-order valence-corrected chi connectivity index (χ4v) is 2.70. The van der Waals surface area contributed by atoms with Gasteiger partial charge in [0.2, 0.25) is 0 Å². The highest BCUT2D eigenvalue weighted by Gasteiger charge is 2.24. The summed E-state index contributed by atoms with van der Waals surface area (Å²) in [6.07, 6.45) is 3.86. The van der Waals surface area contributed by atoms with Gasteiger partial charge in [-0.1, -0.05) is 18.2 Å². The van der Waals surface area contributed by atoms with Crippen molar-refractivity contribution >= 4 is 18.1 Å². The van der Waals surface area contributed by atoms with Gasteiger partial charge in [-0.3, -0.25) is 0 Å². The fraction of sp³-hybridized carbons (Fsp3) is 0.118. The summed E-state index contributed by atoms with van der Waals surface area (Å²) >= 11 is 0. The van der Waals surface area contributed by atoms with Crippen molar-refractivity contribution in [1.82, 2.24) is 0 Å². The molecular formula is C17H12O4. The van der Waals surface area contributed by atoms with Crippen LogP contribution >= 0.6 is 0 Å². The Balaban J connectivity index is 2.09. The normalized spacial score (nSPS) is 13.6. The Morgan fingerprint density at radius 2 is 2.10 bits per heavy atom. The van der Waals surface area contributed by atoms with E-state index in [4.69, 9.17) is 14.2 Å². The minimum absolute atomic E-state index is 0.419. The number of rotatable bonds is 1. The summed E-state index contributed by atoms with van der Waals surface area (Å²) in [7, 11) is 1.37. The van der Waals surface area contributed by atoms with Gasteiger partial charge in [0.05, 0.1) is 7.11 Å². The standard InChI is InChI=1S/C17H12O4/c1-19-17(18)15-12-8-10-4-2-3-5-13(10)21-14(12)9-11-6-7-20-16(11)15/h2-6,8-9H,7H2,1H3. The van der Waals surface area contributed by atoms with E-state index in [1.165, 1.54) is 7.11 Å². The molecular weight excluding hydrogens is 268 g/mol. The lowest BCUT2D eigenvalue weighted by Crippen LogP contribution is -2.25. The molecule has 0 unspecified atom stereocenters. The minimum Gasteiger partial charge on any atom is -0.488 e. The van der Waals surface area contributed by atoms with Gasteiger partial charge in [0.1, 0.15) is 29.4 Å². The summed E-state index contributed by atoms with van der Waals surface area (Å²) in [5.74, 6) is 1.58. The number of esters is 1. The number of para-hydroxylation sites is 1. The summed E-state index contributed by atoms with van der Waals surface area (Å²) in [6, 6.07) is 9.59. The average Bonchev–Trinajstić information content (AvgIpc) is 2.97. The van der Waals surface area contributed by atoms with Gasteiger partial charge in [0, 0.05) is 16.0 Å². The third-order valence-corrected chi connectivity index (χ3v) is 3.67. The first-order valence-electron chi connectivity index (χ1n) is 6.65. The largest absolute Gasteiger partial charge is 0.488 e. The number of fused-ring (bicyclic) bond motifs is 3. The van der Waals surface area contributed by atoms with Crippen molar-refractivity contribution in [2.75, 3.05) is 13.7 Å². The first kappa shape index (κ1) is 12.0. The molecule has 104 valence electrons.